The van der Waals surface area contributed by atoms with Gasteiger partial charge in [0.25, 0.3) is 0 Å². The van der Waals surface area contributed by atoms with Crippen molar-refractivity contribution in [2.45, 2.75) is 27.1 Å². The summed E-state index contributed by atoms with van der Waals surface area (Å²) < 4.78 is 4.33. The predicted molar refractivity (Wildman–Crippen MR) is 109 cm³/mol. The summed E-state index contributed by atoms with van der Waals surface area (Å²) in [7, 11) is 0. The Kier molecular flexibility index (Phi) is 5.49. The van der Waals surface area contributed by atoms with E-state index in [9.17, 15) is 0 Å². The van der Waals surface area contributed by atoms with E-state index in [1.54, 1.807) is 20.9 Å². The van der Waals surface area contributed by atoms with Crippen LogP contribution in [0.25, 0.3) is 5.69 Å². The summed E-state index contributed by atoms with van der Waals surface area (Å²) in [5, 5.41) is 13.1. The fraction of sp³-hybridized carbons (Fsp3) is 0.421. The fourth-order valence-electron chi connectivity index (χ4n) is 3.66. The molecule has 0 aliphatic carbocycles. The normalized spacial score (nSPS) is 20.1. The summed E-state index contributed by atoms with van der Waals surface area (Å²) in [6.07, 6.45) is 0. The number of tetrazole rings is 1. The number of nitrogens with zero attached hydrogens (tertiary/aromatic N) is 4. The quantitative estimate of drug-likeness (QED) is 0.608. The molecule has 0 amide bonds. The van der Waals surface area contributed by atoms with Gasteiger partial charge in [0, 0.05) is 5.56 Å². The average molecular weight is 403 g/mol. The van der Waals surface area contributed by atoms with E-state index in [2.05, 4.69) is 59.3 Å². The number of quaternary nitrogens is 2. The lowest BCUT2D eigenvalue weighted by molar-refractivity contribution is -1.03. The maximum absolute atomic E-state index is 5.66. The van der Waals surface area contributed by atoms with Crippen molar-refractivity contribution in [3.8, 4) is 5.69 Å². The molecular weight excluding hydrogens is 376 g/mol. The van der Waals surface area contributed by atoms with Crippen LogP contribution in [-0.2, 0) is 13.2 Å². The average Bonchev–Trinajstić information content (AvgIpc) is 3.29. The smallest absolute Gasteiger partial charge is 0.225 e. The van der Waals surface area contributed by atoms with E-state index in [0.717, 1.165) is 37.6 Å². The van der Waals surface area contributed by atoms with Gasteiger partial charge in [-0.3, -0.25) is 0 Å². The summed E-state index contributed by atoms with van der Waals surface area (Å²) >= 11 is 7.45. The van der Waals surface area contributed by atoms with Crippen molar-refractivity contribution in [1.82, 2.24) is 19.8 Å². The van der Waals surface area contributed by atoms with Gasteiger partial charge in [-0.2, -0.15) is 20.7 Å². The molecule has 0 bridgehead atoms. The number of aromatic nitrogens is 4. The molecule has 142 valence electrons. The van der Waals surface area contributed by atoms with Gasteiger partial charge in [-0.15, -0.1) is 0 Å². The molecule has 0 saturated carbocycles. The summed E-state index contributed by atoms with van der Waals surface area (Å²) in [6, 6.07) is 8.56. The Morgan fingerprint density at radius 2 is 1.85 bits per heavy atom. The molecule has 4 rings (SSSR count). The zero-order valence-electron chi connectivity index (χ0n) is 15.8. The number of hydrogen-bond donors (Lipinski definition) is 2. The van der Waals surface area contributed by atoms with E-state index in [1.165, 1.54) is 29.1 Å². The second kappa shape index (κ2) is 8.02. The predicted octanol–water partition coefficient (Wildman–Crippen LogP) is 0.418. The number of benzene rings is 1. The van der Waals surface area contributed by atoms with Crippen molar-refractivity contribution >= 4 is 23.6 Å². The molecule has 6 nitrogen and oxygen atoms in total. The van der Waals surface area contributed by atoms with E-state index in [0.29, 0.717) is 4.77 Å². The summed E-state index contributed by atoms with van der Waals surface area (Å²) in [5.74, 6) is 0. The van der Waals surface area contributed by atoms with Crippen LogP contribution in [0.4, 0.5) is 0 Å². The van der Waals surface area contributed by atoms with Crippen molar-refractivity contribution in [1.29, 1.82) is 0 Å². The van der Waals surface area contributed by atoms with Gasteiger partial charge < -0.3 is 9.80 Å². The highest BCUT2D eigenvalue weighted by atomic mass is 32.1. The number of aryl methyl sites for hydroxylation is 2. The molecular formula is C19H26N6S2+2. The lowest BCUT2D eigenvalue weighted by Crippen LogP contribution is -3.27. The van der Waals surface area contributed by atoms with Crippen molar-refractivity contribution in [3.63, 3.8) is 0 Å². The number of rotatable bonds is 5. The van der Waals surface area contributed by atoms with Crippen LogP contribution in [0.2, 0.25) is 0 Å². The Hall–Kier alpha value is -1.87. The summed E-state index contributed by atoms with van der Waals surface area (Å²) in [6.45, 7) is 10.7. The van der Waals surface area contributed by atoms with Crippen LogP contribution in [0.5, 0.6) is 0 Å². The monoisotopic (exact) mass is 402 g/mol. The van der Waals surface area contributed by atoms with Crippen LogP contribution >= 0.6 is 23.6 Å². The maximum atomic E-state index is 5.66. The van der Waals surface area contributed by atoms with E-state index in [4.69, 9.17) is 12.2 Å². The third kappa shape index (κ3) is 4.19. The Labute approximate surface area is 168 Å². The van der Waals surface area contributed by atoms with Crippen molar-refractivity contribution in [3.05, 3.63) is 56.5 Å². The van der Waals surface area contributed by atoms with Gasteiger partial charge in [0.15, 0.2) is 6.67 Å². The van der Waals surface area contributed by atoms with Crippen LogP contribution < -0.4 is 9.80 Å². The van der Waals surface area contributed by atoms with Gasteiger partial charge in [0.2, 0.25) is 4.77 Å². The number of thiophene rings is 1. The van der Waals surface area contributed by atoms with Crippen LogP contribution in [0, 0.1) is 18.6 Å². The van der Waals surface area contributed by atoms with Crippen LogP contribution in [0.3, 0.4) is 0 Å². The first-order valence-corrected chi connectivity index (χ1v) is 10.7. The zero-order valence-corrected chi connectivity index (χ0v) is 17.4. The Morgan fingerprint density at radius 3 is 2.59 bits per heavy atom. The molecule has 2 aromatic heterocycles. The topological polar surface area (TPSA) is 44.5 Å². The number of piperazine rings is 1. The van der Waals surface area contributed by atoms with Crippen molar-refractivity contribution in [2.24, 2.45) is 0 Å². The second-order valence-corrected chi connectivity index (χ2v) is 8.57. The van der Waals surface area contributed by atoms with E-state index in [-0.39, 0.29) is 0 Å². The highest BCUT2D eigenvalue weighted by Crippen LogP contribution is 2.15. The van der Waals surface area contributed by atoms with Gasteiger partial charge in [-0.25, -0.2) is 0 Å². The Balaban J connectivity index is 1.40. The number of hydrogen-bond acceptors (Lipinski definition) is 4. The first-order chi connectivity index (χ1) is 13.1. The first kappa shape index (κ1) is 18.5. The van der Waals surface area contributed by atoms with Gasteiger partial charge in [-0.05, 0) is 70.5 Å². The van der Waals surface area contributed by atoms with Crippen LogP contribution in [0.15, 0.2) is 35.0 Å². The fourth-order valence-corrected chi connectivity index (χ4v) is 4.56. The molecule has 1 aliphatic rings. The van der Waals surface area contributed by atoms with Gasteiger partial charge in [0.1, 0.15) is 32.7 Å². The molecule has 0 spiro atoms. The Bertz CT molecular complexity index is 951. The molecule has 2 N–H and O–H groups in total. The van der Waals surface area contributed by atoms with Gasteiger partial charge in [0.05, 0.1) is 5.69 Å². The largest absolute Gasteiger partial charge is 0.322 e. The molecule has 3 heterocycles. The lowest BCUT2D eigenvalue weighted by Gasteiger charge is -2.29. The summed E-state index contributed by atoms with van der Waals surface area (Å²) in [4.78, 5) is 3.19. The van der Waals surface area contributed by atoms with Crippen LogP contribution in [0.1, 0.15) is 16.7 Å². The molecule has 1 aromatic carbocycles. The number of nitrogens with one attached hydrogen (secondary N) is 2. The standard InChI is InChI=1S/C19H24N6S2/c1-15-3-4-16(2)18(11-15)25-19(26)24(20-21-25)14-23-8-6-22(7-9-23)12-17-5-10-27-13-17/h3-5,10-11,13H,6-9,12,14H2,1-2H3/p+2. The molecule has 27 heavy (non-hydrogen) atoms. The second-order valence-electron chi connectivity index (χ2n) is 7.43. The highest BCUT2D eigenvalue weighted by molar-refractivity contribution is 7.71. The summed E-state index contributed by atoms with van der Waals surface area (Å²) in [5.41, 5.74) is 4.83. The molecule has 8 heteroatoms. The maximum Gasteiger partial charge on any atom is 0.225 e. The third-order valence-corrected chi connectivity index (χ3v) is 6.42. The van der Waals surface area contributed by atoms with Crippen molar-refractivity contribution < 1.29 is 9.80 Å². The molecule has 1 aliphatic heterocycles. The SMILES string of the molecule is Cc1ccc(C)c(-n2nnn(C[NH+]3CC[NH+](Cc4ccsc4)CC3)c2=S)c1. The van der Waals surface area contributed by atoms with E-state index >= 15 is 0 Å². The van der Waals surface area contributed by atoms with Gasteiger partial charge in [-0.1, -0.05) is 12.1 Å². The highest BCUT2D eigenvalue weighted by Gasteiger charge is 2.24. The molecule has 0 radical (unpaired) electrons. The minimum Gasteiger partial charge on any atom is -0.322 e. The zero-order chi connectivity index (χ0) is 18.8. The van der Waals surface area contributed by atoms with Crippen molar-refractivity contribution in [2.75, 3.05) is 26.2 Å². The molecule has 0 unspecified atom stereocenters. The van der Waals surface area contributed by atoms with Gasteiger partial charge >= 0.3 is 0 Å². The van der Waals surface area contributed by atoms with E-state index < -0.39 is 0 Å². The first-order valence-electron chi connectivity index (χ1n) is 9.39. The van der Waals surface area contributed by atoms with E-state index in [1.807, 2.05) is 4.68 Å². The molecule has 3 aromatic rings. The minimum atomic E-state index is 0.671. The lowest BCUT2D eigenvalue weighted by atomic mass is 10.1. The molecule has 1 saturated heterocycles. The van der Waals surface area contributed by atoms with Crippen LogP contribution in [-0.4, -0.2) is 46.0 Å². The Morgan fingerprint density at radius 1 is 1.07 bits per heavy atom. The minimum absolute atomic E-state index is 0.671. The molecule has 1 fully saturated rings. The molecule has 0 atom stereocenters. The third-order valence-electron chi connectivity index (χ3n) is 5.30.